The number of carbonyl (C=O) groups excluding carboxylic acids is 2. The maximum Gasteiger partial charge on any atom is 0.258 e. The molecule has 2 amide bonds. The number of hydrogen-bond donors (Lipinski definition) is 2. The number of nitrogens with one attached hydrogen (secondary N) is 2. The maximum absolute atomic E-state index is 13.4. The summed E-state index contributed by atoms with van der Waals surface area (Å²) in [4.78, 5) is 24.2. The topological polar surface area (TPSA) is 67.4 Å². The van der Waals surface area contributed by atoms with Crippen LogP contribution in [0.1, 0.15) is 11.6 Å². The van der Waals surface area contributed by atoms with E-state index >= 15 is 0 Å². The third kappa shape index (κ3) is 5.45. The summed E-state index contributed by atoms with van der Waals surface area (Å²) in [5.74, 6) is -3.42. The SMILES string of the molecule is CNC(=O)C(NC(=O)COc1cc(Cl)c(Cl)cc1Cl)c1ccc(F)c(F)c1. The molecule has 0 bridgehead atoms. The van der Waals surface area contributed by atoms with Crippen molar-refractivity contribution in [2.24, 2.45) is 0 Å². The summed E-state index contributed by atoms with van der Waals surface area (Å²) >= 11 is 17.6. The number of rotatable bonds is 6. The second-order valence-corrected chi connectivity index (χ2v) is 6.50. The molecule has 0 aromatic heterocycles. The van der Waals surface area contributed by atoms with Crippen LogP contribution >= 0.6 is 34.8 Å². The van der Waals surface area contributed by atoms with Crippen LogP contribution in [-0.4, -0.2) is 25.5 Å². The molecule has 0 fully saturated rings. The van der Waals surface area contributed by atoms with E-state index < -0.39 is 36.1 Å². The standard InChI is InChI=1S/C17H13Cl3F2N2O3/c1-23-17(26)16(8-2-3-12(21)13(22)4-8)24-15(25)7-27-14-6-10(19)9(18)5-11(14)20/h2-6,16H,7H2,1H3,(H,23,26)(H,24,25). The Morgan fingerprint density at radius 2 is 1.70 bits per heavy atom. The number of likely N-dealkylation sites (N-methyl/N-ethyl adjacent to an activating group) is 1. The van der Waals surface area contributed by atoms with Crippen LogP contribution in [0.4, 0.5) is 8.78 Å². The van der Waals surface area contributed by atoms with Crippen molar-refractivity contribution in [2.75, 3.05) is 13.7 Å². The van der Waals surface area contributed by atoms with Crippen molar-refractivity contribution in [1.29, 1.82) is 0 Å². The summed E-state index contributed by atoms with van der Waals surface area (Å²) in [6.45, 7) is -0.505. The summed E-state index contributed by atoms with van der Waals surface area (Å²) in [6, 6.07) is 4.32. The molecule has 27 heavy (non-hydrogen) atoms. The molecule has 0 spiro atoms. The van der Waals surface area contributed by atoms with Gasteiger partial charge in [0.15, 0.2) is 18.2 Å². The molecule has 0 saturated heterocycles. The van der Waals surface area contributed by atoms with Crippen molar-refractivity contribution >= 4 is 46.6 Å². The van der Waals surface area contributed by atoms with Gasteiger partial charge in [0, 0.05) is 13.1 Å². The van der Waals surface area contributed by atoms with E-state index in [4.69, 9.17) is 39.5 Å². The molecule has 144 valence electrons. The predicted molar refractivity (Wildman–Crippen MR) is 98.3 cm³/mol. The minimum atomic E-state index is -1.24. The van der Waals surface area contributed by atoms with Crippen LogP contribution in [-0.2, 0) is 9.59 Å². The Labute approximate surface area is 168 Å². The van der Waals surface area contributed by atoms with Crippen LogP contribution in [0, 0.1) is 11.6 Å². The van der Waals surface area contributed by atoms with Crippen LogP contribution in [0.2, 0.25) is 15.1 Å². The fraction of sp³-hybridized carbons (Fsp3) is 0.176. The first-order chi connectivity index (χ1) is 12.7. The van der Waals surface area contributed by atoms with E-state index in [0.717, 1.165) is 12.1 Å². The fourth-order valence-electron chi connectivity index (χ4n) is 2.10. The van der Waals surface area contributed by atoms with Crippen LogP contribution in [0.15, 0.2) is 30.3 Å². The first-order valence-electron chi connectivity index (χ1n) is 7.46. The third-order valence-electron chi connectivity index (χ3n) is 3.42. The largest absolute Gasteiger partial charge is 0.482 e. The lowest BCUT2D eigenvalue weighted by molar-refractivity contribution is -0.129. The molecule has 0 aliphatic carbocycles. The number of ether oxygens (including phenoxy) is 1. The highest BCUT2D eigenvalue weighted by Gasteiger charge is 2.23. The van der Waals surface area contributed by atoms with Crippen molar-refractivity contribution < 1.29 is 23.1 Å². The average molecular weight is 438 g/mol. The van der Waals surface area contributed by atoms with Gasteiger partial charge in [0.1, 0.15) is 11.8 Å². The van der Waals surface area contributed by atoms with E-state index in [1.807, 2.05) is 0 Å². The minimum Gasteiger partial charge on any atom is -0.482 e. The van der Waals surface area contributed by atoms with Gasteiger partial charge in [0.05, 0.1) is 15.1 Å². The molecule has 2 aromatic rings. The summed E-state index contributed by atoms with van der Waals surface area (Å²) < 4.78 is 31.8. The van der Waals surface area contributed by atoms with Crippen molar-refractivity contribution in [3.63, 3.8) is 0 Å². The highest BCUT2D eigenvalue weighted by Crippen LogP contribution is 2.33. The number of amides is 2. The lowest BCUT2D eigenvalue weighted by atomic mass is 10.1. The Kier molecular flexibility index (Phi) is 7.24. The van der Waals surface area contributed by atoms with Crippen LogP contribution in [0.5, 0.6) is 5.75 Å². The first-order valence-corrected chi connectivity index (χ1v) is 8.59. The van der Waals surface area contributed by atoms with Gasteiger partial charge in [-0.15, -0.1) is 0 Å². The van der Waals surface area contributed by atoms with E-state index in [1.165, 1.54) is 25.2 Å². The summed E-state index contributed by atoms with van der Waals surface area (Å²) in [7, 11) is 1.34. The minimum absolute atomic E-state index is 0.0640. The van der Waals surface area contributed by atoms with Gasteiger partial charge in [-0.3, -0.25) is 9.59 Å². The summed E-state index contributed by atoms with van der Waals surface area (Å²) in [5, 5.41) is 5.26. The second kappa shape index (κ2) is 9.21. The summed E-state index contributed by atoms with van der Waals surface area (Å²) in [5.41, 5.74) is 0.0640. The Morgan fingerprint density at radius 1 is 1.04 bits per heavy atom. The van der Waals surface area contributed by atoms with E-state index in [1.54, 1.807) is 0 Å². The van der Waals surface area contributed by atoms with Crippen LogP contribution < -0.4 is 15.4 Å². The van der Waals surface area contributed by atoms with Gasteiger partial charge in [-0.25, -0.2) is 8.78 Å². The molecule has 0 heterocycles. The number of carbonyl (C=O) groups is 2. The van der Waals surface area contributed by atoms with Gasteiger partial charge >= 0.3 is 0 Å². The zero-order valence-electron chi connectivity index (χ0n) is 13.8. The van der Waals surface area contributed by atoms with Gasteiger partial charge < -0.3 is 15.4 Å². The highest BCUT2D eigenvalue weighted by molar-refractivity contribution is 6.43. The third-order valence-corrected chi connectivity index (χ3v) is 4.44. The monoisotopic (exact) mass is 436 g/mol. The molecule has 2 N–H and O–H groups in total. The van der Waals surface area contributed by atoms with Crippen molar-refractivity contribution in [3.05, 3.63) is 62.6 Å². The zero-order valence-corrected chi connectivity index (χ0v) is 16.1. The molecule has 2 aromatic carbocycles. The van der Waals surface area contributed by atoms with E-state index in [9.17, 15) is 18.4 Å². The zero-order chi connectivity index (χ0) is 20.1. The molecule has 0 radical (unpaired) electrons. The molecule has 0 aliphatic heterocycles. The normalized spacial score (nSPS) is 11.6. The van der Waals surface area contributed by atoms with Gasteiger partial charge in [0.25, 0.3) is 5.91 Å². The molecular weight excluding hydrogens is 425 g/mol. The lowest BCUT2D eigenvalue weighted by Gasteiger charge is -2.18. The average Bonchev–Trinajstić information content (AvgIpc) is 2.63. The Balaban J connectivity index is 2.11. The molecule has 0 saturated carbocycles. The fourth-order valence-corrected chi connectivity index (χ4v) is 2.69. The number of halogens is 5. The Bertz CT molecular complexity index is 881. The molecule has 10 heteroatoms. The highest BCUT2D eigenvalue weighted by atomic mass is 35.5. The van der Waals surface area contributed by atoms with Gasteiger partial charge in [-0.1, -0.05) is 40.9 Å². The molecule has 0 aliphatic rings. The lowest BCUT2D eigenvalue weighted by Crippen LogP contribution is -2.41. The molecule has 5 nitrogen and oxygen atoms in total. The smallest absolute Gasteiger partial charge is 0.258 e. The second-order valence-electron chi connectivity index (χ2n) is 5.27. The quantitative estimate of drug-likeness (QED) is 0.674. The maximum atomic E-state index is 13.4. The van der Waals surface area contributed by atoms with Crippen LogP contribution in [0.3, 0.4) is 0 Å². The van der Waals surface area contributed by atoms with Crippen molar-refractivity contribution in [3.8, 4) is 5.75 Å². The van der Waals surface area contributed by atoms with Gasteiger partial charge in [-0.05, 0) is 23.8 Å². The molecule has 1 atom stereocenters. The predicted octanol–water partition coefficient (Wildman–Crippen LogP) is 3.91. The molecular formula is C17H13Cl3F2N2O3. The Morgan fingerprint density at radius 3 is 2.33 bits per heavy atom. The van der Waals surface area contributed by atoms with Gasteiger partial charge in [-0.2, -0.15) is 0 Å². The molecule has 2 rings (SSSR count). The number of hydrogen-bond acceptors (Lipinski definition) is 3. The summed E-state index contributed by atoms with van der Waals surface area (Å²) in [6.07, 6.45) is 0. The first kappa shape index (κ1) is 21.2. The van der Waals surface area contributed by atoms with E-state index in [2.05, 4.69) is 10.6 Å². The van der Waals surface area contributed by atoms with E-state index in [-0.39, 0.29) is 26.4 Å². The van der Waals surface area contributed by atoms with Crippen molar-refractivity contribution in [2.45, 2.75) is 6.04 Å². The number of benzene rings is 2. The van der Waals surface area contributed by atoms with Crippen molar-refractivity contribution in [1.82, 2.24) is 10.6 Å². The van der Waals surface area contributed by atoms with E-state index in [0.29, 0.717) is 0 Å². The van der Waals surface area contributed by atoms with Crippen LogP contribution in [0.25, 0.3) is 0 Å². The Hall–Kier alpha value is -2.09. The van der Waals surface area contributed by atoms with Gasteiger partial charge in [0.2, 0.25) is 5.91 Å². The molecule has 1 unspecified atom stereocenters.